The molecule has 0 unspecified atom stereocenters. The maximum absolute atomic E-state index is 10.8. The highest BCUT2D eigenvalue weighted by Gasteiger charge is 2.13. The largest absolute Gasteiger partial charge is 0.506 e. The predicted molar refractivity (Wildman–Crippen MR) is 85.3 cm³/mol. The molecule has 1 aromatic heterocycles. The molecule has 0 bridgehead atoms. The molecule has 0 spiro atoms. The number of aromatic hydroxyl groups is 1. The number of aromatic nitrogens is 1. The molecule has 0 saturated heterocycles. The van der Waals surface area contributed by atoms with Crippen LogP contribution in [-0.4, -0.2) is 21.2 Å². The van der Waals surface area contributed by atoms with Crippen molar-refractivity contribution in [3.63, 3.8) is 0 Å². The molecule has 9 heteroatoms. The third kappa shape index (κ3) is 3.56. The Morgan fingerprint density at radius 2 is 2.24 bits per heavy atom. The fraction of sp³-hybridized carbons (Fsp3) is 0.167. The van der Waals surface area contributed by atoms with Crippen LogP contribution >= 0.6 is 27.3 Å². The van der Waals surface area contributed by atoms with Crippen LogP contribution in [0, 0.1) is 24.0 Å². The number of rotatable bonds is 4. The number of thiazole rings is 1. The van der Waals surface area contributed by atoms with Gasteiger partial charge >= 0.3 is 0 Å². The fourth-order valence-corrected chi connectivity index (χ4v) is 2.71. The van der Waals surface area contributed by atoms with Crippen molar-refractivity contribution in [2.45, 2.75) is 13.8 Å². The highest BCUT2D eigenvalue weighted by Crippen LogP contribution is 2.31. The molecule has 0 atom stereocenters. The van der Waals surface area contributed by atoms with E-state index < -0.39 is 4.92 Å². The molecule has 0 aliphatic carbocycles. The van der Waals surface area contributed by atoms with Crippen LogP contribution in [-0.2, 0) is 0 Å². The zero-order valence-electron chi connectivity index (χ0n) is 11.1. The van der Waals surface area contributed by atoms with Gasteiger partial charge in [0.25, 0.3) is 5.69 Å². The van der Waals surface area contributed by atoms with Crippen LogP contribution in [0.2, 0.25) is 0 Å². The molecule has 2 aromatic rings. The predicted octanol–water partition coefficient (Wildman–Crippen LogP) is 3.58. The minimum atomic E-state index is -0.539. The van der Waals surface area contributed by atoms with Gasteiger partial charge in [0.2, 0.25) is 5.13 Å². The minimum absolute atomic E-state index is 0.113. The second kappa shape index (κ2) is 6.19. The van der Waals surface area contributed by atoms with Crippen molar-refractivity contribution in [1.29, 1.82) is 0 Å². The van der Waals surface area contributed by atoms with E-state index in [0.29, 0.717) is 5.13 Å². The zero-order valence-corrected chi connectivity index (χ0v) is 13.5. The number of halogens is 1. The van der Waals surface area contributed by atoms with E-state index in [4.69, 9.17) is 0 Å². The number of hydrazone groups is 1. The van der Waals surface area contributed by atoms with E-state index in [-0.39, 0.29) is 21.5 Å². The number of nitro benzene ring substituents is 1. The lowest BCUT2D eigenvalue weighted by Gasteiger charge is -2.02. The molecule has 0 radical (unpaired) electrons. The minimum Gasteiger partial charge on any atom is -0.506 e. The Labute approximate surface area is 132 Å². The normalized spacial score (nSPS) is 11.0. The van der Waals surface area contributed by atoms with Crippen molar-refractivity contribution in [2.75, 3.05) is 5.43 Å². The van der Waals surface area contributed by atoms with Crippen LogP contribution in [0.25, 0.3) is 0 Å². The molecule has 1 aromatic carbocycles. The van der Waals surface area contributed by atoms with Gasteiger partial charge in [0, 0.05) is 22.6 Å². The number of benzene rings is 1. The van der Waals surface area contributed by atoms with Gasteiger partial charge in [-0.3, -0.25) is 15.5 Å². The molecule has 2 rings (SSSR count). The van der Waals surface area contributed by atoms with Crippen molar-refractivity contribution < 1.29 is 10.0 Å². The van der Waals surface area contributed by atoms with Gasteiger partial charge in [-0.1, -0.05) is 0 Å². The van der Waals surface area contributed by atoms with Crippen LogP contribution < -0.4 is 5.43 Å². The zero-order chi connectivity index (χ0) is 15.6. The van der Waals surface area contributed by atoms with Crippen LogP contribution in [0.5, 0.6) is 5.75 Å². The van der Waals surface area contributed by atoms with Crippen molar-refractivity contribution >= 4 is 44.3 Å². The summed E-state index contributed by atoms with van der Waals surface area (Å²) in [6.07, 6.45) is 1.30. The lowest BCUT2D eigenvalue weighted by atomic mass is 10.2. The number of phenolic OH excluding ortho intramolecular Hbond substituents is 1. The molecule has 2 N–H and O–H groups in total. The highest BCUT2D eigenvalue weighted by molar-refractivity contribution is 9.10. The number of nitrogens with zero attached hydrogens (tertiary/aromatic N) is 3. The quantitative estimate of drug-likeness (QED) is 0.486. The molecule has 0 saturated carbocycles. The van der Waals surface area contributed by atoms with E-state index in [1.54, 1.807) is 0 Å². The molecular formula is C12H11BrN4O3S. The molecule has 0 fully saturated rings. The molecule has 0 aliphatic rings. The molecule has 0 amide bonds. The van der Waals surface area contributed by atoms with Crippen molar-refractivity contribution in [3.8, 4) is 5.75 Å². The topological polar surface area (TPSA) is 101 Å². The molecule has 110 valence electrons. The second-order valence-corrected chi connectivity index (χ2v) is 6.21. The Morgan fingerprint density at radius 3 is 2.81 bits per heavy atom. The summed E-state index contributed by atoms with van der Waals surface area (Å²) in [5.41, 5.74) is 3.74. The summed E-state index contributed by atoms with van der Waals surface area (Å²) in [6, 6.07) is 2.47. The lowest BCUT2D eigenvalue weighted by Crippen LogP contribution is -1.94. The van der Waals surface area contributed by atoms with Gasteiger partial charge in [0.05, 0.1) is 21.3 Å². The number of phenols is 1. The van der Waals surface area contributed by atoms with Crippen LogP contribution in [0.3, 0.4) is 0 Å². The van der Waals surface area contributed by atoms with Crippen LogP contribution in [0.15, 0.2) is 21.7 Å². The van der Waals surface area contributed by atoms with Gasteiger partial charge in [-0.15, -0.1) is 11.3 Å². The summed E-state index contributed by atoms with van der Waals surface area (Å²) in [5, 5.41) is 25.2. The molecule has 21 heavy (non-hydrogen) atoms. The fourth-order valence-electron chi connectivity index (χ4n) is 1.49. The number of aryl methyl sites for hydroxylation is 2. The van der Waals surface area contributed by atoms with E-state index in [9.17, 15) is 15.2 Å². The highest BCUT2D eigenvalue weighted by atomic mass is 79.9. The van der Waals surface area contributed by atoms with Crippen molar-refractivity contribution in [2.24, 2.45) is 5.10 Å². The van der Waals surface area contributed by atoms with E-state index in [1.807, 2.05) is 13.8 Å². The Bertz CT molecular complexity index is 710. The molecule has 7 nitrogen and oxygen atoms in total. The first-order valence-electron chi connectivity index (χ1n) is 5.78. The second-order valence-electron chi connectivity index (χ2n) is 4.15. The summed E-state index contributed by atoms with van der Waals surface area (Å²) in [5.74, 6) is -0.113. The molecule has 1 heterocycles. The Kier molecular flexibility index (Phi) is 4.53. The summed E-state index contributed by atoms with van der Waals surface area (Å²) in [6.45, 7) is 3.84. The number of nitro groups is 1. The number of hydrogen-bond acceptors (Lipinski definition) is 7. The summed E-state index contributed by atoms with van der Waals surface area (Å²) >= 11 is 4.52. The number of anilines is 1. The van der Waals surface area contributed by atoms with Gasteiger partial charge < -0.3 is 5.11 Å². The van der Waals surface area contributed by atoms with Crippen LogP contribution in [0.1, 0.15) is 16.1 Å². The van der Waals surface area contributed by atoms with E-state index >= 15 is 0 Å². The van der Waals surface area contributed by atoms with Crippen LogP contribution in [0.4, 0.5) is 10.8 Å². The molecule has 0 aliphatic heterocycles. The summed E-state index contributed by atoms with van der Waals surface area (Å²) in [7, 11) is 0. The van der Waals surface area contributed by atoms with Gasteiger partial charge in [-0.25, -0.2) is 4.98 Å². The van der Waals surface area contributed by atoms with E-state index in [1.165, 1.54) is 29.7 Å². The van der Waals surface area contributed by atoms with Gasteiger partial charge in [0.15, 0.2) is 0 Å². The lowest BCUT2D eigenvalue weighted by molar-refractivity contribution is -0.385. The third-order valence-corrected chi connectivity index (χ3v) is 4.26. The SMILES string of the molecule is Cc1nc(N/N=C\c2cc([N+](=O)[O-])cc(Br)c2O)sc1C. The Hall–Kier alpha value is -2.00. The van der Waals surface area contributed by atoms with E-state index in [0.717, 1.165) is 10.6 Å². The average molecular weight is 371 g/mol. The number of non-ortho nitro benzene ring substituents is 1. The average Bonchev–Trinajstić information content (AvgIpc) is 2.73. The van der Waals surface area contributed by atoms with Gasteiger partial charge in [0.1, 0.15) is 5.75 Å². The Morgan fingerprint density at radius 1 is 1.52 bits per heavy atom. The molecular weight excluding hydrogens is 360 g/mol. The maximum atomic E-state index is 10.8. The van der Waals surface area contributed by atoms with E-state index in [2.05, 4.69) is 31.4 Å². The van der Waals surface area contributed by atoms with Gasteiger partial charge in [-0.05, 0) is 29.8 Å². The summed E-state index contributed by atoms with van der Waals surface area (Å²) in [4.78, 5) is 15.6. The number of nitrogens with one attached hydrogen (secondary N) is 1. The third-order valence-electron chi connectivity index (χ3n) is 2.68. The van der Waals surface area contributed by atoms with Crippen molar-refractivity contribution in [1.82, 2.24) is 4.98 Å². The number of hydrogen-bond donors (Lipinski definition) is 2. The monoisotopic (exact) mass is 370 g/mol. The van der Waals surface area contributed by atoms with Gasteiger partial charge in [-0.2, -0.15) is 5.10 Å². The maximum Gasteiger partial charge on any atom is 0.271 e. The first-order chi connectivity index (χ1) is 9.88. The first-order valence-corrected chi connectivity index (χ1v) is 7.39. The standard InChI is InChI=1S/C12H11BrN4O3S/c1-6-7(2)21-12(15-6)16-14-5-8-3-9(17(19)20)4-10(13)11(8)18/h3-5,18H,1-2H3,(H,15,16)/b14-5-. The Balaban J connectivity index is 2.22. The van der Waals surface area contributed by atoms with Crippen molar-refractivity contribution in [3.05, 3.63) is 42.9 Å². The first kappa shape index (κ1) is 15.4. The summed E-state index contributed by atoms with van der Waals surface area (Å²) < 4.78 is 0.235. The smallest absolute Gasteiger partial charge is 0.271 e.